The van der Waals surface area contributed by atoms with Gasteiger partial charge in [-0.15, -0.1) is 0 Å². The number of amides is 1. The topological polar surface area (TPSA) is 49.3 Å². The van der Waals surface area contributed by atoms with E-state index in [1.54, 1.807) is 0 Å². The first-order valence-corrected chi connectivity index (χ1v) is 5.66. The van der Waals surface area contributed by atoms with Gasteiger partial charge in [-0.3, -0.25) is 4.79 Å². The van der Waals surface area contributed by atoms with Crippen molar-refractivity contribution < 1.29 is 9.90 Å². The van der Waals surface area contributed by atoms with Gasteiger partial charge in [0.25, 0.3) is 0 Å². The second-order valence-electron chi connectivity index (χ2n) is 4.43. The van der Waals surface area contributed by atoms with Gasteiger partial charge < -0.3 is 10.4 Å². The summed E-state index contributed by atoms with van der Waals surface area (Å²) in [4.78, 5) is 11.5. The number of nitrogens with one attached hydrogen (secondary N) is 1. The van der Waals surface area contributed by atoms with E-state index in [0.29, 0.717) is 12.5 Å². The minimum absolute atomic E-state index is 0.00437. The average Bonchev–Trinajstić information content (AvgIpc) is 2.08. The van der Waals surface area contributed by atoms with Crippen LogP contribution >= 0.6 is 12.6 Å². The van der Waals surface area contributed by atoms with Crippen LogP contribution in [-0.2, 0) is 4.79 Å². The molecule has 0 aromatic rings. The van der Waals surface area contributed by atoms with Crippen molar-refractivity contribution in [1.82, 2.24) is 5.32 Å². The van der Waals surface area contributed by atoms with E-state index in [0.717, 1.165) is 12.8 Å². The van der Waals surface area contributed by atoms with E-state index >= 15 is 0 Å². The predicted octanol–water partition coefficient (Wildman–Crippen LogP) is 0.828. The Hall–Kier alpha value is -0.220. The lowest BCUT2D eigenvalue weighted by molar-refractivity contribution is -0.121. The molecule has 82 valence electrons. The molecule has 0 saturated heterocycles. The molecule has 0 aliphatic heterocycles. The van der Waals surface area contributed by atoms with E-state index in [-0.39, 0.29) is 23.2 Å². The molecule has 1 atom stereocenters. The molecule has 4 heteroatoms. The molecule has 1 amide bonds. The lowest BCUT2D eigenvalue weighted by Crippen LogP contribution is -2.42. The molecule has 0 aromatic heterocycles. The SMILES string of the molecule is CC(C)C(S)C(=O)NCC1CC(O)C1. The van der Waals surface area contributed by atoms with Crippen LogP contribution in [0.3, 0.4) is 0 Å². The van der Waals surface area contributed by atoms with Crippen LogP contribution in [0.5, 0.6) is 0 Å². The third-order valence-electron chi connectivity index (χ3n) is 2.68. The summed E-state index contributed by atoms with van der Waals surface area (Å²) in [6.45, 7) is 4.63. The Morgan fingerprint density at radius 1 is 1.57 bits per heavy atom. The highest BCUT2D eigenvalue weighted by molar-refractivity contribution is 7.81. The number of thiol groups is 1. The lowest BCUT2D eigenvalue weighted by atomic mass is 9.82. The number of carbonyl (C=O) groups is 1. The third-order valence-corrected chi connectivity index (χ3v) is 3.51. The van der Waals surface area contributed by atoms with Crippen LogP contribution in [0.25, 0.3) is 0 Å². The van der Waals surface area contributed by atoms with E-state index < -0.39 is 0 Å². The van der Waals surface area contributed by atoms with Gasteiger partial charge in [0.15, 0.2) is 0 Å². The van der Waals surface area contributed by atoms with Gasteiger partial charge in [0, 0.05) is 6.54 Å². The van der Waals surface area contributed by atoms with Crippen molar-refractivity contribution in [3.8, 4) is 0 Å². The lowest BCUT2D eigenvalue weighted by Gasteiger charge is -2.31. The normalized spacial score (nSPS) is 28.4. The van der Waals surface area contributed by atoms with Gasteiger partial charge in [0.2, 0.25) is 5.91 Å². The highest BCUT2D eigenvalue weighted by Crippen LogP contribution is 2.26. The molecular formula is C10H19NO2S. The monoisotopic (exact) mass is 217 g/mol. The van der Waals surface area contributed by atoms with Crippen molar-refractivity contribution in [2.75, 3.05) is 6.54 Å². The Labute approximate surface area is 90.7 Å². The molecule has 0 radical (unpaired) electrons. The molecule has 1 aliphatic carbocycles. The molecule has 0 heterocycles. The molecule has 1 saturated carbocycles. The standard InChI is InChI=1S/C10H19NO2S/c1-6(2)9(14)10(13)11-5-7-3-8(12)4-7/h6-9,12,14H,3-5H2,1-2H3,(H,11,13). The maximum atomic E-state index is 11.5. The summed E-state index contributed by atoms with van der Waals surface area (Å²) in [6.07, 6.45) is 1.49. The first kappa shape index (κ1) is 11.9. The van der Waals surface area contributed by atoms with Crippen LogP contribution in [-0.4, -0.2) is 28.9 Å². The predicted molar refractivity (Wildman–Crippen MR) is 59.4 cm³/mol. The minimum Gasteiger partial charge on any atom is -0.393 e. The molecule has 1 fully saturated rings. The highest BCUT2D eigenvalue weighted by Gasteiger charge is 2.28. The van der Waals surface area contributed by atoms with Crippen molar-refractivity contribution in [1.29, 1.82) is 0 Å². The first-order valence-electron chi connectivity index (χ1n) is 5.14. The second kappa shape index (κ2) is 5.03. The van der Waals surface area contributed by atoms with Crippen molar-refractivity contribution in [2.45, 2.75) is 38.0 Å². The number of aliphatic hydroxyl groups is 1. The third kappa shape index (κ3) is 3.17. The van der Waals surface area contributed by atoms with Crippen LogP contribution in [0, 0.1) is 11.8 Å². The summed E-state index contributed by atoms with van der Waals surface area (Å²) in [6, 6.07) is 0. The quantitative estimate of drug-likeness (QED) is 0.611. The van der Waals surface area contributed by atoms with Crippen LogP contribution in [0.2, 0.25) is 0 Å². The van der Waals surface area contributed by atoms with Crippen LogP contribution in [0.1, 0.15) is 26.7 Å². The average molecular weight is 217 g/mol. The van der Waals surface area contributed by atoms with Crippen LogP contribution < -0.4 is 5.32 Å². The first-order chi connectivity index (χ1) is 6.50. The largest absolute Gasteiger partial charge is 0.393 e. The highest BCUT2D eigenvalue weighted by atomic mass is 32.1. The van der Waals surface area contributed by atoms with Gasteiger partial charge in [-0.05, 0) is 24.7 Å². The van der Waals surface area contributed by atoms with Crippen molar-refractivity contribution in [3.05, 3.63) is 0 Å². The molecule has 1 aliphatic rings. The number of aliphatic hydroxyl groups excluding tert-OH is 1. The molecule has 1 rings (SSSR count). The Morgan fingerprint density at radius 2 is 2.14 bits per heavy atom. The molecule has 2 N–H and O–H groups in total. The summed E-state index contributed by atoms with van der Waals surface area (Å²) in [5.41, 5.74) is 0. The Morgan fingerprint density at radius 3 is 2.57 bits per heavy atom. The molecule has 3 nitrogen and oxygen atoms in total. The molecule has 1 unspecified atom stereocenters. The fraction of sp³-hybridized carbons (Fsp3) is 0.900. The van der Waals surface area contributed by atoms with E-state index in [1.807, 2.05) is 13.8 Å². The molecule has 14 heavy (non-hydrogen) atoms. The van der Waals surface area contributed by atoms with Crippen molar-refractivity contribution in [3.63, 3.8) is 0 Å². The number of hydrogen-bond donors (Lipinski definition) is 3. The van der Waals surface area contributed by atoms with Crippen LogP contribution in [0.15, 0.2) is 0 Å². The summed E-state index contributed by atoms with van der Waals surface area (Å²) in [5.74, 6) is 0.719. The van der Waals surface area contributed by atoms with E-state index in [1.165, 1.54) is 0 Å². The van der Waals surface area contributed by atoms with Crippen LogP contribution in [0.4, 0.5) is 0 Å². The molecule has 0 spiro atoms. The fourth-order valence-corrected chi connectivity index (χ4v) is 1.61. The van der Waals surface area contributed by atoms with Gasteiger partial charge in [-0.1, -0.05) is 13.8 Å². The molecule has 0 aromatic carbocycles. The number of hydrogen-bond acceptors (Lipinski definition) is 3. The maximum Gasteiger partial charge on any atom is 0.233 e. The maximum absolute atomic E-state index is 11.5. The summed E-state index contributed by atoms with van der Waals surface area (Å²) in [7, 11) is 0. The van der Waals surface area contributed by atoms with E-state index in [2.05, 4.69) is 17.9 Å². The van der Waals surface area contributed by atoms with Gasteiger partial charge >= 0.3 is 0 Å². The zero-order valence-electron chi connectivity index (χ0n) is 8.73. The van der Waals surface area contributed by atoms with Gasteiger partial charge in [0.05, 0.1) is 11.4 Å². The number of carbonyl (C=O) groups excluding carboxylic acids is 1. The minimum atomic E-state index is -0.222. The van der Waals surface area contributed by atoms with Gasteiger partial charge in [0.1, 0.15) is 0 Å². The van der Waals surface area contributed by atoms with Crippen molar-refractivity contribution in [2.24, 2.45) is 11.8 Å². The summed E-state index contributed by atoms with van der Waals surface area (Å²) in [5, 5.41) is 11.7. The zero-order chi connectivity index (χ0) is 10.7. The zero-order valence-corrected chi connectivity index (χ0v) is 9.63. The Balaban J connectivity index is 2.15. The smallest absolute Gasteiger partial charge is 0.233 e. The number of rotatable bonds is 4. The van der Waals surface area contributed by atoms with Gasteiger partial charge in [-0.2, -0.15) is 12.6 Å². The molecule has 0 bridgehead atoms. The van der Waals surface area contributed by atoms with E-state index in [4.69, 9.17) is 5.11 Å². The second-order valence-corrected chi connectivity index (χ2v) is 4.98. The Bertz CT molecular complexity index is 202. The summed E-state index contributed by atoms with van der Waals surface area (Å²) >= 11 is 4.23. The Kier molecular flexibility index (Phi) is 4.26. The van der Waals surface area contributed by atoms with Crippen molar-refractivity contribution >= 4 is 18.5 Å². The summed E-state index contributed by atoms with van der Waals surface area (Å²) < 4.78 is 0. The molecular weight excluding hydrogens is 198 g/mol. The van der Waals surface area contributed by atoms with Gasteiger partial charge in [-0.25, -0.2) is 0 Å². The van der Waals surface area contributed by atoms with E-state index in [9.17, 15) is 4.79 Å². The fourth-order valence-electron chi connectivity index (χ4n) is 1.52.